The van der Waals surface area contributed by atoms with Crippen LogP contribution in [0.15, 0.2) is 135 Å². The lowest BCUT2D eigenvalue weighted by Gasteiger charge is -2.08. The second-order valence-corrected chi connectivity index (χ2v) is 8.91. The van der Waals surface area contributed by atoms with E-state index in [-0.39, 0.29) is 0 Å². The number of aromatic amines is 3. The SMILES string of the molecule is C1CCNC1.C1CCNCC1.c1cc[nH]c1.c1ccc2[nH]ccc2c1.c1ccncc1.c1cn[nH]c1.c1cncnc1. The van der Waals surface area contributed by atoms with Gasteiger partial charge in [0.15, 0.2) is 0 Å². The van der Waals surface area contributed by atoms with Crippen molar-refractivity contribution in [2.75, 3.05) is 26.2 Å². The molecule has 7 heterocycles. The van der Waals surface area contributed by atoms with Crippen molar-refractivity contribution in [1.82, 2.24) is 45.8 Å². The Labute approximate surface area is 249 Å². The van der Waals surface area contributed by atoms with Gasteiger partial charge in [-0.3, -0.25) is 10.1 Å². The molecule has 0 aliphatic carbocycles. The molecule has 0 amide bonds. The van der Waals surface area contributed by atoms with E-state index in [0.717, 1.165) is 0 Å². The summed E-state index contributed by atoms with van der Waals surface area (Å²) in [5.41, 5.74) is 1.21. The Kier molecular flexibility index (Phi) is 21.3. The van der Waals surface area contributed by atoms with Gasteiger partial charge in [-0.25, -0.2) is 9.97 Å². The molecule has 0 radical (unpaired) electrons. The fourth-order valence-electron chi connectivity index (χ4n) is 3.48. The fraction of sp³-hybridized carbons (Fsp3) is 0.273. The van der Waals surface area contributed by atoms with Crippen LogP contribution in [0.4, 0.5) is 0 Å². The van der Waals surface area contributed by atoms with Crippen LogP contribution in [0.1, 0.15) is 32.1 Å². The van der Waals surface area contributed by atoms with Crippen LogP contribution in [0, 0.1) is 0 Å². The maximum atomic E-state index is 3.78. The average molecular weight is 568 g/mol. The minimum atomic E-state index is 1.21. The quantitative estimate of drug-likeness (QED) is 0.147. The highest BCUT2D eigenvalue weighted by atomic mass is 15.1. The summed E-state index contributed by atoms with van der Waals surface area (Å²) in [6, 6.07) is 23.5. The van der Waals surface area contributed by atoms with Crippen LogP contribution in [-0.4, -0.2) is 61.3 Å². The second-order valence-electron chi connectivity index (χ2n) is 8.91. The molecule has 9 heteroatoms. The van der Waals surface area contributed by atoms with Crippen molar-refractivity contribution in [3.05, 3.63) is 135 Å². The molecule has 8 rings (SSSR count). The van der Waals surface area contributed by atoms with Gasteiger partial charge in [0.05, 0.1) is 0 Å². The smallest absolute Gasteiger partial charge is 0.115 e. The molecule has 1 aromatic carbocycles. The minimum absolute atomic E-state index is 1.21. The molecule has 222 valence electrons. The van der Waals surface area contributed by atoms with Crippen molar-refractivity contribution in [1.29, 1.82) is 0 Å². The highest BCUT2D eigenvalue weighted by Crippen LogP contribution is 2.09. The van der Waals surface area contributed by atoms with Gasteiger partial charge in [-0.1, -0.05) is 30.7 Å². The van der Waals surface area contributed by atoms with Gasteiger partial charge in [0.25, 0.3) is 0 Å². The summed E-state index contributed by atoms with van der Waals surface area (Å²) in [6.45, 7) is 5.00. The molecule has 0 bridgehead atoms. The van der Waals surface area contributed by atoms with Crippen LogP contribution in [0.25, 0.3) is 10.9 Å². The molecule has 42 heavy (non-hydrogen) atoms. The van der Waals surface area contributed by atoms with Crippen molar-refractivity contribution < 1.29 is 0 Å². The predicted molar refractivity (Wildman–Crippen MR) is 173 cm³/mol. The molecular weight excluding hydrogens is 522 g/mol. The number of nitrogens with zero attached hydrogens (tertiary/aromatic N) is 4. The first-order chi connectivity index (χ1) is 21.0. The van der Waals surface area contributed by atoms with Crippen LogP contribution in [0.5, 0.6) is 0 Å². The van der Waals surface area contributed by atoms with E-state index in [1.54, 1.807) is 43.2 Å². The van der Waals surface area contributed by atoms with Crippen molar-refractivity contribution in [2.24, 2.45) is 0 Å². The van der Waals surface area contributed by atoms with E-state index in [0.29, 0.717) is 0 Å². The zero-order valence-electron chi connectivity index (χ0n) is 24.4. The number of nitrogens with one attached hydrogen (secondary N) is 5. The Bertz CT molecular complexity index is 1060. The molecule has 2 saturated heterocycles. The number of pyridine rings is 1. The molecule has 0 unspecified atom stereocenters. The third-order valence-corrected chi connectivity index (χ3v) is 5.57. The lowest BCUT2D eigenvalue weighted by molar-refractivity contribution is 0.520. The van der Waals surface area contributed by atoms with Crippen LogP contribution >= 0.6 is 0 Å². The first kappa shape index (κ1) is 33.6. The van der Waals surface area contributed by atoms with E-state index in [4.69, 9.17) is 0 Å². The maximum absolute atomic E-state index is 3.78. The lowest BCUT2D eigenvalue weighted by atomic mass is 10.2. The van der Waals surface area contributed by atoms with Crippen LogP contribution in [0.3, 0.4) is 0 Å². The fourth-order valence-corrected chi connectivity index (χ4v) is 3.48. The van der Waals surface area contributed by atoms with E-state index in [1.165, 1.54) is 75.5 Å². The number of hydrogen-bond acceptors (Lipinski definition) is 6. The topological polar surface area (TPSA) is 123 Å². The summed E-state index contributed by atoms with van der Waals surface area (Å²) in [5, 5.41) is 14.0. The summed E-state index contributed by atoms with van der Waals surface area (Å²) in [7, 11) is 0. The minimum Gasteiger partial charge on any atom is -0.368 e. The second kappa shape index (κ2) is 26.6. The highest BCUT2D eigenvalue weighted by Gasteiger charge is 1.94. The molecule has 5 aromatic heterocycles. The molecule has 0 spiro atoms. The van der Waals surface area contributed by atoms with Gasteiger partial charge in [-0.15, -0.1) is 0 Å². The number of benzene rings is 1. The first-order valence-corrected chi connectivity index (χ1v) is 14.5. The van der Waals surface area contributed by atoms with E-state index in [1.807, 2.05) is 67.1 Å². The number of aromatic nitrogens is 7. The predicted octanol–water partition coefficient (Wildman–Crippen LogP) is 6.28. The summed E-state index contributed by atoms with van der Waals surface area (Å²) in [5.74, 6) is 0. The average Bonchev–Trinajstić information content (AvgIpc) is 3.95. The summed E-state index contributed by atoms with van der Waals surface area (Å²) in [4.78, 5) is 17.1. The lowest BCUT2D eigenvalue weighted by Crippen LogP contribution is -2.21. The Morgan fingerprint density at radius 2 is 1.12 bits per heavy atom. The van der Waals surface area contributed by atoms with E-state index >= 15 is 0 Å². The number of fused-ring (bicyclic) bond motifs is 1. The molecular formula is C33H45N9. The molecule has 9 nitrogen and oxygen atoms in total. The van der Waals surface area contributed by atoms with Crippen LogP contribution in [-0.2, 0) is 0 Å². The summed E-state index contributed by atoms with van der Waals surface area (Å²) >= 11 is 0. The van der Waals surface area contributed by atoms with Crippen molar-refractivity contribution >= 4 is 10.9 Å². The third kappa shape index (κ3) is 20.3. The van der Waals surface area contributed by atoms with Gasteiger partial charge >= 0.3 is 0 Å². The first-order valence-electron chi connectivity index (χ1n) is 14.5. The monoisotopic (exact) mass is 567 g/mol. The Balaban J connectivity index is 0.000000173. The maximum Gasteiger partial charge on any atom is 0.115 e. The van der Waals surface area contributed by atoms with E-state index in [9.17, 15) is 0 Å². The van der Waals surface area contributed by atoms with Crippen molar-refractivity contribution in [3.63, 3.8) is 0 Å². The Morgan fingerprint density at radius 3 is 1.45 bits per heavy atom. The molecule has 0 saturated carbocycles. The van der Waals surface area contributed by atoms with Crippen molar-refractivity contribution in [2.45, 2.75) is 32.1 Å². The van der Waals surface area contributed by atoms with Gasteiger partial charge in [-0.05, 0) is 106 Å². The standard InChI is InChI=1S/C8H7N.C5H11N.C5H5N.C4H4N2.C4H9N.C4H5N.C3H4N2/c1-2-4-8-7(3-1)5-6-9-8;2*1-2-4-6-5-3-1;1-2-5-4-6-3-1;3*1-2-4-5-3-1/h1-6,9H;6H,1-5H2;1-5H;1-4H;5H,1-4H2;1-5H;1-3H,(H,4,5). The van der Waals surface area contributed by atoms with Gasteiger partial charge in [0.2, 0.25) is 0 Å². The van der Waals surface area contributed by atoms with E-state index < -0.39 is 0 Å². The van der Waals surface area contributed by atoms with E-state index in [2.05, 4.69) is 63.9 Å². The van der Waals surface area contributed by atoms with Crippen LogP contribution in [0.2, 0.25) is 0 Å². The van der Waals surface area contributed by atoms with Crippen LogP contribution < -0.4 is 10.6 Å². The largest absolute Gasteiger partial charge is 0.368 e. The number of para-hydroxylation sites is 1. The molecule has 5 N–H and O–H groups in total. The molecule has 0 atom stereocenters. The Hall–Kier alpha value is -4.60. The van der Waals surface area contributed by atoms with Gasteiger partial charge in [-0.2, -0.15) is 5.10 Å². The molecule has 2 fully saturated rings. The Morgan fingerprint density at radius 1 is 0.476 bits per heavy atom. The number of rotatable bonds is 0. The molecule has 2 aliphatic heterocycles. The normalized spacial score (nSPS) is 12.7. The van der Waals surface area contributed by atoms with Crippen molar-refractivity contribution in [3.8, 4) is 0 Å². The molecule has 2 aliphatic rings. The van der Waals surface area contributed by atoms with Gasteiger partial charge in [0.1, 0.15) is 6.33 Å². The molecule has 6 aromatic rings. The third-order valence-electron chi connectivity index (χ3n) is 5.57. The summed E-state index contributed by atoms with van der Waals surface area (Å²) in [6.07, 6.45) is 24.5. The van der Waals surface area contributed by atoms with Gasteiger partial charge in [0, 0.05) is 61.3 Å². The number of hydrogen-bond donors (Lipinski definition) is 5. The summed E-state index contributed by atoms with van der Waals surface area (Å²) < 4.78 is 0. The zero-order valence-corrected chi connectivity index (χ0v) is 24.4. The van der Waals surface area contributed by atoms with Gasteiger partial charge < -0.3 is 20.6 Å². The zero-order chi connectivity index (χ0) is 29.4. The highest BCUT2D eigenvalue weighted by molar-refractivity contribution is 5.78. The number of H-pyrrole nitrogens is 3. The number of piperidine rings is 1.